The number of aromatic amines is 1. The van der Waals surface area contributed by atoms with Crippen LogP contribution >= 0.6 is 11.6 Å². The number of carbonyl (C=O) groups is 2. The first-order valence-electron chi connectivity index (χ1n) is 11.8. The van der Waals surface area contributed by atoms with E-state index in [0.717, 1.165) is 23.1 Å². The average Bonchev–Trinajstić information content (AvgIpc) is 3.37. The van der Waals surface area contributed by atoms with Crippen molar-refractivity contribution in [1.82, 2.24) is 15.2 Å². The number of halogens is 1. The zero-order chi connectivity index (χ0) is 25.8. The summed E-state index contributed by atoms with van der Waals surface area (Å²) in [5.41, 5.74) is 2.86. The first kappa shape index (κ1) is 25.6. The number of amides is 2. The molecule has 1 fully saturated rings. The van der Waals surface area contributed by atoms with Gasteiger partial charge in [0, 0.05) is 23.3 Å². The number of nitrogens with zero attached hydrogens (tertiary/aromatic N) is 1. The highest BCUT2D eigenvalue weighted by Gasteiger charge is 2.38. The summed E-state index contributed by atoms with van der Waals surface area (Å²) in [6.07, 6.45) is -2.38. The van der Waals surface area contributed by atoms with Gasteiger partial charge in [0.2, 0.25) is 5.56 Å². The van der Waals surface area contributed by atoms with Gasteiger partial charge in [-0.1, -0.05) is 54.1 Å². The number of hydrogen-bond donors (Lipinski definition) is 4. The number of likely N-dealkylation sites (tertiary alicyclic amines) is 1. The number of aliphatic hydroxyl groups excluding tert-OH is 2. The fraction of sp³-hybridized carbons (Fsp3) is 0.296. The number of rotatable bonds is 7. The molecule has 0 radical (unpaired) electrons. The van der Waals surface area contributed by atoms with E-state index in [4.69, 9.17) is 11.6 Å². The Bertz CT molecular complexity index is 1290. The second-order valence-electron chi connectivity index (χ2n) is 8.92. The van der Waals surface area contributed by atoms with Crippen molar-refractivity contribution in [2.24, 2.45) is 0 Å². The zero-order valence-electron chi connectivity index (χ0n) is 19.7. The highest BCUT2D eigenvalue weighted by Crippen LogP contribution is 2.33. The first-order chi connectivity index (χ1) is 17.2. The number of benzene rings is 2. The number of H-pyrrole nitrogens is 1. The van der Waals surface area contributed by atoms with Crippen LogP contribution in [0.1, 0.15) is 43.0 Å². The minimum absolute atomic E-state index is 0.202. The number of pyridine rings is 1. The van der Waals surface area contributed by atoms with Crippen LogP contribution in [0.15, 0.2) is 71.5 Å². The lowest BCUT2D eigenvalue weighted by molar-refractivity contribution is -0.154. The second kappa shape index (κ2) is 11.1. The highest BCUT2D eigenvalue weighted by molar-refractivity contribution is 6.30. The third-order valence-electron chi connectivity index (χ3n) is 6.44. The number of nitrogens with one attached hydrogen (secondary N) is 2. The van der Waals surface area contributed by atoms with Crippen LogP contribution in [0.25, 0.3) is 11.3 Å². The Balaban J connectivity index is 1.39. The predicted octanol–water partition coefficient (Wildman–Crippen LogP) is 2.96. The van der Waals surface area contributed by atoms with Crippen LogP contribution < -0.4 is 10.9 Å². The third kappa shape index (κ3) is 5.67. The van der Waals surface area contributed by atoms with E-state index < -0.39 is 30.1 Å². The fourth-order valence-electron chi connectivity index (χ4n) is 4.49. The Morgan fingerprint density at radius 2 is 1.78 bits per heavy atom. The van der Waals surface area contributed by atoms with Crippen molar-refractivity contribution in [3.63, 3.8) is 0 Å². The predicted molar refractivity (Wildman–Crippen MR) is 136 cm³/mol. The summed E-state index contributed by atoms with van der Waals surface area (Å²) >= 11 is 6.09. The van der Waals surface area contributed by atoms with Gasteiger partial charge < -0.3 is 25.4 Å². The van der Waals surface area contributed by atoms with Crippen molar-refractivity contribution in [2.75, 3.05) is 6.54 Å². The molecular formula is C27H28ClN3O5. The number of aliphatic hydroxyl groups is 2. The monoisotopic (exact) mass is 509 g/mol. The Hall–Kier alpha value is -3.46. The fourth-order valence-corrected chi connectivity index (χ4v) is 4.69. The van der Waals surface area contributed by atoms with Crippen molar-refractivity contribution in [2.45, 2.75) is 44.1 Å². The summed E-state index contributed by atoms with van der Waals surface area (Å²) in [7, 11) is 0. The molecular weight excluding hydrogens is 482 g/mol. The molecule has 4 N–H and O–H groups in total. The van der Waals surface area contributed by atoms with E-state index in [1.165, 1.54) is 11.0 Å². The molecule has 0 bridgehead atoms. The SMILES string of the molecule is C[C@@H](NC(=O)[C@H](O)[C@@H](O)C(=O)N1CCCC1c1cccc(Cl)c1)c1ccc(-c2cccc(=O)[nH]2)cc1. The molecule has 3 aromatic rings. The highest BCUT2D eigenvalue weighted by atomic mass is 35.5. The van der Waals surface area contributed by atoms with Gasteiger partial charge in [0.1, 0.15) is 0 Å². The average molecular weight is 510 g/mol. The summed E-state index contributed by atoms with van der Waals surface area (Å²) in [5, 5.41) is 24.2. The molecule has 2 heterocycles. The smallest absolute Gasteiger partial charge is 0.255 e. The normalized spacial score (nSPS) is 17.9. The summed E-state index contributed by atoms with van der Waals surface area (Å²) in [6, 6.07) is 18.5. The maximum atomic E-state index is 13.0. The Labute approximate surface area is 213 Å². The van der Waals surface area contributed by atoms with Crippen molar-refractivity contribution >= 4 is 23.4 Å². The largest absolute Gasteiger partial charge is 0.380 e. The lowest BCUT2D eigenvalue weighted by Gasteiger charge is -2.29. The molecule has 4 atom stereocenters. The Morgan fingerprint density at radius 1 is 1.06 bits per heavy atom. The Morgan fingerprint density at radius 3 is 2.47 bits per heavy atom. The zero-order valence-corrected chi connectivity index (χ0v) is 20.5. The molecule has 2 amide bonds. The van der Waals surface area contributed by atoms with Crippen LogP contribution in [0.5, 0.6) is 0 Å². The van der Waals surface area contributed by atoms with E-state index in [2.05, 4.69) is 10.3 Å². The molecule has 8 nitrogen and oxygen atoms in total. The second-order valence-corrected chi connectivity index (χ2v) is 9.35. The van der Waals surface area contributed by atoms with Gasteiger partial charge >= 0.3 is 0 Å². The van der Waals surface area contributed by atoms with Crippen LogP contribution in [-0.4, -0.2) is 50.7 Å². The maximum Gasteiger partial charge on any atom is 0.255 e. The molecule has 0 spiro atoms. The van der Waals surface area contributed by atoms with Crippen LogP contribution in [0.4, 0.5) is 0 Å². The molecule has 1 aliphatic heterocycles. The molecule has 36 heavy (non-hydrogen) atoms. The van der Waals surface area contributed by atoms with Gasteiger partial charge in [-0.25, -0.2) is 0 Å². The van der Waals surface area contributed by atoms with Crippen LogP contribution in [0, 0.1) is 0 Å². The van der Waals surface area contributed by atoms with Crippen LogP contribution in [-0.2, 0) is 9.59 Å². The van der Waals surface area contributed by atoms with Gasteiger partial charge in [-0.3, -0.25) is 14.4 Å². The molecule has 1 saturated heterocycles. The van der Waals surface area contributed by atoms with E-state index in [0.29, 0.717) is 23.7 Å². The van der Waals surface area contributed by atoms with E-state index in [-0.39, 0.29) is 11.6 Å². The van der Waals surface area contributed by atoms with Crippen molar-refractivity contribution in [1.29, 1.82) is 0 Å². The van der Waals surface area contributed by atoms with E-state index >= 15 is 0 Å². The molecule has 2 aromatic carbocycles. The topological polar surface area (TPSA) is 123 Å². The van der Waals surface area contributed by atoms with Gasteiger partial charge in [-0.05, 0) is 54.7 Å². The minimum atomic E-state index is -1.92. The Kier molecular flexibility index (Phi) is 7.88. The van der Waals surface area contributed by atoms with Gasteiger partial charge in [-0.2, -0.15) is 0 Å². The van der Waals surface area contributed by atoms with Gasteiger partial charge in [-0.15, -0.1) is 0 Å². The summed E-state index contributed by atoms with van der Waals surface area (Å²) in [4.78, 5) is 41.4. The van der Waals surface area contributed by atoms with Crippen molar-refractivity contribution < 1.29 is 19.8 Å². The standard InChI is InChI=1S/C27H28ClN3O5/c1-16(17-10-12-18(13-11-17)21-7-3-9-23(32)30-21)29-26(35)24(33)25(34)27(36)31-14-4-8-22(31)19-5-2-6-20(28)15-19/h2-3,5-7,9-13,15-16,22,24-25,33-34H,4,8,14H2,1H3,(H,29,35)(H,30,32)/t16-,22?,24-,25-/m1/s1. The first-order valence-corrected chi connectivity index (χ1v) is 12.1. The number of hydrogen-bond acceptors (Lipinski definition) is 5. The molecule has 9 heteroatoms. The van der Waals surface area contributed by atoms with Gasteiger partial charge in [0.05, 0.1) is 12.1 Å². The maximum absolute atomic E-state index is 13.0. The summed E-state index contributed by atoms with van der Waals surface area (Å²) in [5.74, 6) is -1.55. The quantitative estimate of drug-likeness (QED) is 0.390. The van der Waals surface area contributed by atoms with E-state index in [1.54, 1.807) is 61.5 Å². The van der Waals surface area contributed by atoms with Gasteiger partial charge in [0.25, 0.3) is 11.8 Å². The van der Waals surface area contributed by atoms with E-state index in [9.17, 15) is 24.6 Å². The van der Waals surface area contributed by atoms with Crippen LogP contribution in [0.3, 0.4) is 0 Å². The summed E-state index contributed by atoms with van der Waals surface area (Å²) < 4.78 is 0. The third-order valence-corrected chi connectivity index (χ3v) is 6.67. The molecule has 188 valence electrons. The molecule has 1 aliphatic rings. The van der Waals surface area contributed by atoms with Gasteiger partial charge in [0.15, 0.2) is 12.2 Å². The molecule has 0 aliphatic carbocycles. The van der Waals surface area contributed by atoms with Crippen molar-refractivity contribution in [3.8, 4) is 11.3 Å². The molecule has 1 unspecified atom stereocenters. The minimum Gasteiger partial charge on any atom is -0.380 e. The number of aromatic nitrogens is 1. The lowest BCUT2D eigenvalue weighted by Crippen LogP contribution is -2.50. The molecule has 0 saturated carbocycles. The number of carbonyl (C=O) groups excluding carboxylic acids is 2. The lowest BCUT2D eigenvalue weighted by atomic mass is 10.0. The summed E-state index contributed by atoms with van der Waals surface area (Å²) in [6.45, 7) is 2.14. The molecule has 4 rings (SSSR count). The van der Waals surface area contributed by atoms with Crippen molar-refractivity contribution in [3.05, 3.63) is 93.2 Å². The van der Waals surface area contributed by atoms with Crippen LogP contribution in [0.2, 0.25) is 5.02 Å². The van der Waals surface area contributed by atoms with E-state index in [1.807, 2.05) is 6.07 Å². The molecule has 1 aromatic heterocycles.